The zero-order valence-electron chi connectivity index (χ0n) is 11.6. The van der Waals surface area contributed by atoms with Crippen LogP contribution in [0.1, 0.15) is 25.6 Å². The van der Waals surface area contributed by atoms with Gasteiger partial charge in [0.2, 0.25) is 0 Å². The summed E-state index contributed by atoms with van der Waals surface area (Å²) in [5.41, 5.74) is 0.0362. The Morgan fingerprint density at radius 2 is 2.21 bits per heavy atom. The second kappa shape index (κ2) is 9.44. The molecule has 1 aromatic rings. The van der Waals surface area contributed by atoms with Crippen LogP contribution in [-0.2, 0) is 11.3 Å². The number of unbranched alkanes of at least 4 members (excludes halogenated alkanes) is 1. The zero-order valence-corrected chi connectivity index (χ0v) is 13.8. The minimum atomic E-state index is 0.0362. The minimum absolute atomic E-state index is 0.0362. The first-order valence-corrected chi connectivity index (χ1v) is 7.75. The van der Waals surface area contributed by atoms with Crippen molar-refractivity contribution in [3.63, 3.8) is 0 Å². The largest absolute Gasteiger partial charge is 0.380 e. The third-order valence-corrected chi connectivity index (χ3v) is 3.52. The molecule has 0 amide bonds. The van der Waals surface area contributed by atoms with E-state index in [0.29, 0.717) is 10.1 Å². The van der Waals surface area contributed by atoms with Crippen molar-refractivity contribution in [3.05, 3.63) is 25.9 Å². The normalized spacial score (nSPS) is 10.9. The molecular weight excluding hydrogens is 357 g/mol. The van der Waals surface area contributed by atoms with E-state index in [1.54, 1.807) is 10.8 Å². The summed E-state index contributed by atoms with van der Waals surface area (Å²) in [6, 6.07) is 0. The van der Waals surface area contributed by atoms with Crippen LogP contribution in [0.5, 0.6) is 0 Å². The van der Waals surface area contributed by atoms with E-state index in [2.05, 4.69) is 17.2 Å². The molecule has 1 N–H and O–H groups in total. The van der Waals surface area contributed by atoms with Crippen molar-refractivity contribution in [2.24, 2.45) is 0 Å². The first kappa shape index (κ1) is 16.6. The van der Waals surface area contributed by atoms with Crippen molar-refractivity contribution in [1.29, 1.82) is 0 Å². The highest BCUT2D eigenvalue weighted by Gasteiger charge is 2.04. The molecule has 0 radical (unpaired) electrons. The van der Waals surface area contributed by atoms with Crippen molar-refractivity contribution in [3.8, 4) is 0 Å². The molecule has 0 saturated carbocycles. The lowest BCUT2D eigenvalue weighted by molar-refractivity contribution is 0.133. The summed E-state index contributed by atoms with van der Waals surface area (Å²) in [5.74, 6) is 0.756. The lowest BCUT2D eigenvalue weighted by Gasteiger charge is -2.10. The molecule has 1 aromatic heterocycles. The van der Waals surface area contributed by atoms with Crippen molar-refractivity contribution in [1.82, 2.24) is 14.9 Å². The van der Waals surface area contributed by atoms with Gasteiger partial charge in [0.05, 0.1) is 10.2 Å². The minimum Gasteiger partial charge on any atom is -0.380 e. The third-order valence-electron chi connectivity index (χ3n) is 2.78. The number of ether oxygens (including phenoxy) is 1. The Hall–Kier alpha value is -0.470. The van der Waals surface area contributed by atoms with Crippen molar-refractivity contribution < 1.29 is 4.74 Å². The van der Waals surface area contributed by atoms with Crippen molar-refractivity contribution >= 4 is 22.6 Å². The monoisotopic (exact) mass is 379 g/mol. The number of hydrogen-bond acceptors (Lipinski definition) is 4. The van der Waals surface area contributed by atoms with Gasteiger partial charge in [-0.15, -0.1) is 0 Å². The third kappa shape index (κ3) is 6.01. The van der Waals surface area contributed by atoms with Crippen LogP contribution in [0.4, 0.5) is 0 Å². The lowest BCUT2D eigenvalue weighted by atomic mass is 10.4. The molecule has 0 bridgehead atoms. The van der Waals surface area contributed by atoms with Gasteiger partial charge in [0.15, 0.2) is 0 Å². The summed E-state index contributed by atoms with van der Waals surface area (Å²) < 4.78 is 7.81. The summed E-state index contributed by atoms with van der Waals surface area (Å²) in [7, 11) is 0. The zero-order chi connectivity index (χ0) is 14.1. The van der Waals surface area contributed by atoms with Crippen LogP contribution < -0.4 is 10.9 Å². The summed E-state index contributed by atoms with van der Waals surface area (Å²) in [6.07, 6.45) is 3.89. The van der Waals surface area contributed by atoms with Gasteiger partial charge in [0.25, 0.3) is 5.56 Å². The molecule has 0 aliphatic carbocycles. The molecule has 0 fully saturated rings. The first-order valence-electron chi connectivity index (χ1n) is 6.67. The molecule has 0 aromatic carbocycles. The maximum absolute atomic E-state index is 11.9. The van der Waals surface area contributed by atoms with E-state index in [4.69, 9.17) is 4.74 Å². The molecular formula is C13H22IN3O2. The fourth-order valence-electron chi connectivity index (χ4n) is 1.62. The molecule has 0 spiro atoms. The van der Waals surface area contributed by atoms with Crippen molar-refractivity contribution in [2.45, 2.75) is 33.2 Å². The van der Waals surface area contributed by atoms with Crippen LogP contribution in [0.25, 0.3) is 0 Å². The number of halogens is 1. The molecule has 6 heteroatoms. The van der Waals surface area contributed by atoms with E-state index in [-0.39, 0.29) is 5.56 Å². The molecule has 0 unspecified atom stereocenters. The van der Waals surface area contributed by atoms with E-state index in [9.17, 15) is 4.79 Å². The van der Waals surface area contributed by atoms with E-state index >= 15 is 0 Å². The highest BCUT2D eigenvalue weighted by atomic mass is 127. The Balaban J connectivity index is 2.23. The van der Waals surface area contributed by atoms with Crippen LogP contribution in [0.15, 0.2) is 11.0 Å². The number of nitrogens with one attached hydrogen (secondary N) is 1. The average Bonchev–Trinajstić information content (AvgIpc) is 2.40. The summed E-state index contributed by atoms with van der Waals surface area (Å²) in [6.45, 7) is 7.76. The number of nitrogens with zero attached hydrogens (tertiary/aromatic N) is 2. The Morgan fingerprint density at radius 3 is 2.95 bits per heavy atom. The maximum Gasteiger partial charge on any atom is 0.266 e. The second-order valence-corrected chi connectivity index (χ2v) is 5.49. The van der Waals surface area contributed by atoms with Crippen LogP contribution in [0.3, 0.4) is 0 Å². The summed E-state index contributed by atoms with van der Waals surface area (Å²) in [4.78, 5) is 16.1. The molecule has 0 saturated heterocycles. The Bertz CT molecular complexity index is 434. The molecule has 0 aliphatic rings. The van der Waals surface area contributed by atoms with Crippen LogP contribution in [0, 0.1) is 10.5 Å². The Labute approximate surface area is 127 Å². The highest BCUT2D eigenvalue weighted by molar-refractivity contribution is 14.1. The predicted molar refractivity (Wildman–Crippen MR) is 84.5 cm³/mol. The molecule has 5 nitrogen and oxygen atoms in total. The first-order chi connectivity index (χ1) is 9.16. The van der Waals surface area contributed by atoms with Gasteiger partial charge < -0.3 is 10.1 Å². The van der Waals surface area contributed by atoms with Crippen LogP contribution in [0.2, 0.25) is 0 Å². The fourth-order valence-corrected chi connectivity index (χ4v) is 2.05. The van der Waals surface area contributed by atoms with E-state index in [1.165, 1.54) is 0 Å². The van der Waals surface area contributed by atoms with Gasteiger partial charge in [0, 0.05) is 32.4 Å². The number of hydrogen-bond donors (Lipinski definition) is 1. The van der Waals surface area contributed by atoms with Gasteiger partial charge in [-0.05, 0) is 35.9 Å². The number of aromatic nitrogens is 2. The fraction of sp³-hybridized carbons (Fsp3) is 0.692. The summed E-state index contributed by atoms with van der Waals surface area (Å²) in [5, 5.41) is 3.27. The van der Waals surface area contributed by atoms with Crippen molar-refractivity contribution in [2.75, 3.05) is 26.3 Å². The Kier molecular flexibility index (Phi) is 8.24. The van der Waals surface area contributed by atoms with Gasteiger partial charge in [-0.3, -0.25) is 9.36 Å². The van der Waals surface area contributed by atoms with Crippen LogP contribution in [-0.4, -0.2) is 35.9 Å². The van der Waals surface area contributed by atoms with Gasteiger partial charge in [-0.2, -0.15) is 0 Å². The molecule has 1 rings (SSSR count). The molecule has 19 heavy (non-hydrogen) atoms. The van der Waals surface area contributed by atoms with Gasteiger partial charge >= 0.3 is 0 Å². The second-order valence-electron chi connectivity index (χ2n) is 4.33. The standard InChI is InChI=1S/C13H22IN3O2/c1-3-4-8-19-9-6-15-5-7-17-11(2)16-10-12(14)13(17)18/h10,15H,3-9H2,1-2H3. The average molecular weight is 379 g/mol. The highest BCUT2D eigenvalue weighted by Crippen LogP contribution is 1.96. The quantitative estimate of drug-likeness (QED) is 0.523. The lowest BCUT2D eigenvalue weighted by Crippen LogP contribution is -2.31. The number of rotatable bonds is 9. The SMILES string of the molecule is CCCCOCCNCCn1c(C)ncc(I)c1=O. The smallest absolute Gasteiger partial charge is 0.266 e. The van der Waals surface area contributed by atoms with E-state index in [1.807, 2.05) is 29.5 Å². The van der Waals surface area contributed by atoms with Gasteiger partial charge in [-0.1, -0.05) is 13.3 Å². The van der Waals surface area contributed by atoms with Gasteiger partial charge in [0.1, 0.15) is 5.82 Å². The molecule has 0 atom stereocenters. The molecule has 1 heterocycles. The maximum atomic E-state index is 11.9. The number of aryl methyl sites for hydroxylation is 1. The van der Waals surface area contributed by atoms with E-state index < -0.39 is 0 Å². The molecule has 108 valence electrons. The molecule has 0 aliphatic heterocycles. The topological polar surface area (TPSA) is 56.1 Å². The summed E-state index contributed by atoms with van der Waals surface area (Å²) >= 11 is 2.02. The Morgan fingerprint density at radius 1 is 1.42 bits per heavy atom. The predicted octanol–water partition coefficient (Wildman–Crippen LogP) is 1.56. The van der Waals surface area contributed by atoms with E-state index in [0.717, 1.165) is 45.0 Å². The van der Waals surface area contributed by atoms with Gasteiger partial charge in [-0.25, -0.2) is 4.98 Å². The van der Waals surface area contributed by atoms with Crippen LogP contribution >= 0.6 is 22.6 Å².